The first kappa shape index (κ1) is 8.71. The molecule has 1 N–H and O–H groups in total. The number of amides is 1. The van der Waals surface area contributed by atoms with E-state index in [0.29, 0.717) is 0 Å². The van der Waals surface area contributed by atoms with Gasteiger partial charge in [0.15, 0.2) is 0 Å². The smallest absolute Gasteiger partial charge is 0.232 e. The van der Waals surface area contributed by atoms with E-state index in [4.69, 9.17) is 0 Å². The molecule has 3 nitrogen and oxygen atoms in total. The molecule has 0 aromatic rings. The standard InChI is InChI=1S/C7H13NO2S/c1-3-6-5(2)8-7(9)4-11(6)10/h5-6H,3-4H2,1-2H3,(H,8,9). The van der Waals surface area contributed by atoms with Crippen LogP contribution in [-0.4, -0.2) is 27.2 Å². The first-order chi connectivity index (χ1) is 5.15. The third-order valence-electron chi connectivity index (χ3n) is 1.96. The van der Waals surface area contributed by atoms with E-state index in [1.807, 2.05) is 13.8 Å². The Morgan fingerprint density at radius 3 is 2.82 bits per heavy atom. The number of carbonyl (C=O) groups excluding carboxylic acids is 1. The van der Waals surface area contributed by atoms with Gasteiger partial charge in [-0.25, -0.2) is 0 Å². The van der Waals surface area contributed by atoms with E-state index in [-0.39, 0.29) is 23.0 Å². The first-order valence-corrected chi connectivity index (χ1v) is 5.20. The number of hydrogen-bond donors (Lipinski definition) is 1. The molecule has 11 heavy (non-hydrogen) atoms. The predicted molar refractivity (Wildman–Crippen MR) is 44.7 cm³/mol. The van der Waals surface area contributed by atoms with Crippen LogP contribution in [0, 0.1) is 0 Å². The molecule has 1 rings (SSSR count). The van der Waals surface area contributed by atoms with Gasteiger partial charge < -0.3 is 5.32 Å². The first-order valence-electron chi connectivity index (χ1n) is 3.81. The van der Waals surface area contributed by atoms with Gasteiger partial charge in [0.05, 0.1) is 5.25 Å². The Hall–Kier alpha value is -0.380. The molecule has 3 unspecified atom stereocenters. The van der Waals surface area contributed by atoms with Crippen molar-refractivity contribution in [2.45, 2.75) is 31.6 Å². The SMILES string of the molecule is CCC1C(C)NC(=O)CS1=O. The maximum absolute atomic E-state index is 11.3. The van der Waals surface area contributed by atoms with Crippen molar-refractivity contribution in [1.82, 2.24) is 5.32 Å². The van der Waals surface area contributed by atoms with Crippen LogP contribution in [0.5, 0.6) is 0 Å². The van der Waals surface area contributed by atoms with Gasteiger partial charge in [0.25, 0.3) is 0 Å². The van der Waals surface area contributed by atoms with Crippen LogP contribution in [0.2, 0.25) is 0 Å². The zero-order valence-corrected chi connectivity index (χ0v) is 7.61. The van der Waals surface area contributed by atoms with Crippen LogP contribution in [0.15, 0.2) is 0 Å². The lowest BCUT2D eigenvalue weighted by molar-refractivity contribution is -0.119. The van der Waals surface area contributed by atoms with Crippen LogP contribution in [0.25, 0.3) is 0 Å². The third-order valence-corrected chi connectivity index (χ3v) is 3.92. The molecular formula is C7H13NO2S. The summed E-state index contributed by atoms with van der Waals surface area (Å²) in [6.07, 6.45) is 0.869. The Labute approximate surface area is 69.0 Å². The van der Waals surface area contributed by atoms with Crippen molar-refractivity contribution in [1.29, 1.82) is 0 Å². The molecule has 0 radical (unpaired) electrons. The molecule has 1 saturated heterocycles. The van der Waals surface area contributed by atoms with Crippen LogP contribution in [-0.2, 0) is 15.6 Å². The minimum Gasteiger partial charge on any atom is -0.352 e. The summed E-state index contributed by atoms with van der Waals surface area (Å²) in [5.74, 6) is 0.101. The zero-order chi connectivity index (χ0) is 8.43. The Bertz CT molecular complexity index is 193. The van der Waals surface area contributed by atoms with Gasteiger partial charge in [-0.15, -0.1) is 0 Å². The van der Waals surface area contributed by atoms with Gasteiger partial charge >= 0.3 is 0 Å². The molecule has 64 valence electrons. The van der Waals surface area contributed by atoms with E-state index in [2.05, 4.69) is 5.32 Å². The lowest BCUT2D eigenvalue weighted by Crippen LogP contribution is -2.51. The highest BCUT2D eigenvalue weighted by Gasteiger charge is 2.29. The molecular weight excluding hydrogens is 162 g/mol. The van der Waals surface area contributed by atoms with Crippen LogP contribution < -0.4 is 5.32 Å². The molecule has 0 spiro atoms. The van der Waals surface area contributed by atoms with Crippen molar-refractivity contribution in [3.05, 3.63) is 0 Å². The number of rotatable bonds is 1. The highest BCUT2D eigenvalue weighted by Crippen LogP contribution is 2.11. The Morgan fingerprint density at radius 2 is 2.36 bits per heavy atom. The fourth-order valence-corrected chi connectivity index (χ4v) is 2.84. The summed E-state index contributed by atoms with van der Waals surface area (Å²) in [7, 11) is -0.950. The van der Waals surface area contributed by atoms with Crippen molar-refractivity contribution in [3.8, 4) is 0 Å². The van der Waals surface area contributed by atoms with Gasteiger partial charge in [-0.2, -0.15) is 0 Å². The summed E-state index contributed by atoms with van der Waals surface area (Å²) >= 11 is 0. The van der Waals surface area contributed by atoms with Crippen LogP contribution in [0.1, 0.15) is 20.3 Å². The molecule has 1 heterocycles. The van der Waals surface area contributed by atoms with Gasteiger partial charge in [-0.05, 0) is 13.3 Å². The van der Waals surface area contributed by atoms with Crippen LogP contribution in [0.3, 0.4) is 0 Å². The Balaban J connectivity index is 2.66. The maximum atomic E-state index is 11.3. The fourth-order valence-electron chi connectivity index (χ4n) is 1.39. The van der Waals surface area contributed by atoms with E-state index in [9.17, 15) is 9.00 Å². The molecule has 1 amide bonds. The maximum Gasteiger partial charge on any atom is 0.232 e. The minimum absolute atomic E-state index is 0.0714. The van der Waals surface area contributed by atoms with Crippen molar-refractivity contribution in [2.24, 2.45) is 0 Å². The van der Waals surface area contributed by atoms with Crippen molar-refractivity contribution in [2.75, 3.05) is 5.75 Å². The average Bonchev–Trinajstić information content (AvgIpc) is 1.85. The fraction of sp³-hybridized carbons (Fsp3) is 0.857. The van der Waals surface area contributed by atoms with Crippen molar-refractivity contribution >= 4 is 16.7 Å². The molecule has 0 aromatic heterocycles. The monoisotopic (exact) mass is 175 g/mol. The summed E-state index contributed by atoms with van der Waals surface area (Å²) in [5.41, 5.74) is 0. The minimum atomic E-state index is -0.950. The van der Waals surface area contributed by atoms with E-state index in [1.54, 1.807) is 0 Å². The summed E-state index contributed by atoms with van der Waals surface area (Å²) in [6, 6.07) is 0.0714. The number of nitrogens with one attached hydrogen (secondary N) is 1. The largest absolute Gasteiger partial charge is 0.352 e. The zero-order valence-electron chi connectivity index (χ0n) is 6.79. The quantitative estimate of drug-likeness (QED) is 0.611. The lowest BCUT2D eigenvalue weighted by Gasteiger charge is -2.27. The van der Waals surface area contributed by atoms with Crippen molar-refractivity contribution in [3.63, 3.8) is 0 Å². The number of carbonyl (C=O) groups is 1. The van der Waals surface area contributed by atoms with Gasteiger partial charge in [0.2, 0.25) is 5.91 Å². The number of hydrogen-bond acceptors (Lipinski definition) is 2. The highest BCUT2D eigenvalue weighted by atomic mass is 32.2. The van der Waals surface area contributed by atoms with Gasteiger partial charge in [-0.3, -0.25) is 9.00 Å². The molecule has 0 aliphatic carbocycles. The summed E-state index contributed by atoms with van der Waals surface area (Å²) in [4.78, 5) is 10.8. The molecule has 4 heteroatoms. The Kier molecular flexibility index (Phi) is 2.65. The summed E-state index contributed by atoms with van der Waals surface area (Å²) < 4.78 is 11.3. The van der Waals surface area contributed by atoms with E-state index >= 15 is 0 Å². The normalized spacial score (nSPS) is 38.4. The summed E-state index contributed by atoms with van der Waals surface area (Å²) in [5, 5.41) is 2.92. The van der Waals surface area contributed by atoms with Crippen molar-refractivity contribution < 1.29 is 9.00 Å². The van der Waals surface area contributed by atoms with Gasteiger partial charge in [0.1, 0.15) is 5.75 Å². The van der Waals surface area contributed by atoms with E-state index in [1.165, 1.54) is 0 Å². The summed E-state index contributed by atoms with van der Waals surface area (Å²) in [6.45, 7) is 3.90. The highest BCUT2D eigenvalue weighted by molar-refractivity contribution is 7.86. The molecule has 0 saturated carbocycles. The topological polar surface area (TPSA) is 46.2 Å². The molecule has 1 aliphatic heterocycles. The molecule has 1 aliphatic rings. The second-order valence-electron chi connectivity index (χ2n) is 2.83. The molecule has 0 aromatic carbocycles. The molecule has 3 atom stereocenters. The Morgan fingerprint density at radius 1 is 1.73 bits per heavy atom. The van der Waals surface area contributed by atoms with E-state index < -0.39 is 10.8 Å². The van der Waals surface area contributed by atoms with Gasteiger partial charge in [-0.1, -0.05) is 6.92 Å². The van der Waals surface area contributed by atoms with Crippen LogP contribution in [0.4, 0.5) is 0 Å². The second kappa shape index (κ2) is 3.34. The predicted octanol–water partition coefficient (Wildman–Crippen LogP) is 0.0320. The van der Waals surface area contributed by atoms with E-state index in [0.717, 1.165) is 6.42 Å². The molecule has 0 bridgehead atoms. The average molecular weight is 175 g/mol. The second-order valence-corrected chi connectivity index (χ2v) is 4.48. The lowest BCUT2D eigenvalue weighted by atomic mass is 10.2. The molecule has 1 fully saturated rings. The van der Waals surface area contributed by atoms with Gasteiger partial charge in [0, 0.05) is 16.8 Å². The third kappa shape index (κ3) is 1.80. The van der Waals surface area contributed by atoms with Crippen LogP contribution >= 0.6 is 0 Å².